The number of benzene rings is 3. The molecular weight excluding hydrogens is 472 g/mol. The normalized spacial score (nSPS) is 17.2. The number of ketones is 1. The van der Waals surface area contributed by atoms with Crippen LogP contribution in [0.5, 0.6) is 5.75 Å². The Morgan fingerprint density at radius 3 is 2.36 bits per heavy atom. The summed E-state index contributed by atoms with van der Waals surface area (Å²) in [5.74, 6) is -1.01. The lowest BCUT2D eigenvalue weighted by Crippen LogP contribution is -2.29. The Morgan fingerprint density at radius 1 is 1.00 bits per heavy atom. The average Bonchev–Trinajstić information content (AvgIpc) is 3.38. The van der Waals surface area contributed by atoms with Gasteiger partial charge in [-0.05, 0) is 74.7 Å². The number of rotatable bonds is 5. The Balaban J connectivity index is 1.69. The molecule has 1 N–H and O–H groups in total. The first-order valence-corrected chi connectivity index (χ1v) is 12.6. The van der Waals surface area contributed by atoms with Crippen molar-refractivity contribution in [2.75, 3.05) is 11.5 Å². The van der Waals surface area contributed by atoms with Crippen LogP contribution in [0, 0.1) is 20.8 Å². The van der Waals surface area contributed by atoms with Gasteiger partial charge < -0.3 is 9.84 Å². The molecule has 3 aromatic carbocycles. The molecule has 1 aliphatic rings. The standard InChI is InChI=1S/C29H26N2O4S/c1-5-35-21-12-10-20(11-13-21)26(32)23-25(19-8-6-16(2)7-9-19)31(28(34)27(23)33)29-30-24-18(4)14-17(3)15-22(24)36-29/h6-15,25,32H,5H2,1-4H3/t25-/m0/s1. The van der Waals surface area contributed by atoms with E-state index in [1.165, 1.54) is 16.2 Å². The highest BCUT2D eigenvalue weighted by atomic mass is 32.1. The molecule has 1 saturated heterocycles. The van der Waals surface area contributed by atoms with Gasteiger partial charge in [0.25, 0.3) is 5.78 Å². The number of aryl methyl sites for hydroxylation is 3. The molecule has 1 amide bonds. The van der Waals surface area contributed by atoms with Gasteiger partial charge in [-0.3, -0.25) is 14.5 Å². The zero-order valence-electron chi connectivity index (χ0n) is 20.5. The van der Waals surface area contributed by atoms with Crippen LogP contribution in [0.25, 0.3) is 16.0 Å². The molecule has 1 fully saturated rings. The number of thiazole rings is 1. The molecule has 2 heterocycles. The van der Waals surface area contributed by atoms with Crippen LogP contribution in [0.3, 0.4) is 0 Å². The van der Waals surface area contributed by atoms with E-state index in [9.17, 15) is 14.7 Å². The first-order valence-electron chi connectivity index (χ1n) is 11.8. The van der Waals surface area contributed by atoms with Crippen molar-refractivity contribution < 1.29 is 19.4 Å². The van der Waals surface area contributed by atoms with Crippen molar-refractivity contribution in [3.63, 3.8) is 0 Å². The van der Waals surface area contributed by atoms with E-state index in [-0.39, 0.29) is 11.3 Å². The Hall–Kier alpha value is -3.97. The van der Waals surface area contributed by atoms with Gasteiger partial charge in [0.15, 0.2) is 5.13 Å². The van der Waals surface area contributed by atoms with Crippen LogP contribution in [0.15, 0.2) is 66.2 Å². The second-order valence-electron chi connectivity index (χ2n) is 8.96. The van der Waals surface area contributed by atoms with Crippen LogP contribution in [-0.4, -0.2) is 28.4 Å². The SMILES string of the molecule is CCOc1ccc(C(O)=C2C(=O)C(=O)N(c3nc4c(C)cc(C)cc4s3)[C@H]2c2ccc(C)cc2)cc1. The van der Waals surface area contributed by atoms with Crippen molar-refractivity contribution >= 4 is 44.1 Å². The van der Waals surface area contributed by atoms with Crippen LogP contribution < -0.4 is 9.64 Å². The van der Waals surface area contributed by atoms with Gasteiger partial charge >= 0.3 is 5.91 Å². The summed E-state index contributed by atoms with van der Waals surface area (Å²) in [7, 11) is 0. The molecule has 0 unspecified atom stereocenters. The summed E-state index contributed by atoms with van der Waals surface area (Å²) < 4.78 is 6.44. The number of carbonyl (C=O) groups excluding carboxylic acids is 2. The molecule has 0 saturated carbocycles. The predicted octanol–water partition coefficient (Wildman–Crippen LogP) is 6.25. The van der Waals surface area contributed by atoms with Crippen molar-refractivity contribution in [3.05, 3.63) is 94.1 Å². The largest absolute Gasteiger partial charge is 0.507 e. The summed E-state index contributed by atoms with van der Waals surface area (Å²) in [5, 5.41) is 11.8. The maximum atomic E-state index is 13.4. The average molecular weight is 499 g/mol. The number of nitrogens with zero attached hydrogens (tertiary/aromatic N) is 2. The molecule has 5 rings (SSSR count). The summed E-state index contributed by atoms with van der Waals surface area (Å²) >= 11 is 1.37. The van der Waals surface area contributed by atoms with Crippen molar-refractivity contribution in [1.82, 2.24) is 4.98 Å². The second-order valence-corrected chi connectivity index (χ2v) is 9.97. The highest BCUT2D eigenvalue weighted by Crippen LogP contribution is 2.44. The molecule has 36 heavy (non-hydrogen) atoms. The highest BCUT2D eigenvalue weighted by molar-refractivity contribution is 7.22. The van der Waals surface area contributed by atoms with Crippen LogP contribution in [0.2, 0.25) is 0 Å². The summed E-state index contributed by atoms with van der Waals surface area (Å²) in [4.78, 5) is 33.0. The van der Waals surface area contributed by atoms with E-state index in [0.29, 0.717) is 23.1 Å². The molecule has 0 radical (unpaired) electrons. The van der Waals surface area contributed by atoms with Crippen LogP contribution in [-0.2, 0) is 9.59 Å². The lowest BCUT2D eigenvalue weighted by Gasteiger charge is -2.23. The summed E-state index contributed by atoms with van der Waals surface area (Å²) in [5.41, 5.74) is 5.15. The smallest absolute Gasteiger partial charge is 0.301 e. The Kier molecular flexibility index (Phi) is 6.10. The fourth-order valence-corrected chi connectivity index (χ4v) is 5.76. The van der Waals surface area contributed by atoms with Gasteiger partial charge in [0.2, 0.25) is 0 Å². The van der Waals surface area contributed by atoms with E-state index < -0.39 is 17.7 Å². The molecule has 0 bridgehead atoms. The third-order valence-electron chi connectivity index (χ3n) is 6.30. The molecule has 0 spiro atoms. The number of hydrogen-bond donors (Lipinski definition) is 1. The molecular formula is C29H26N2O4S. The third-order valence-corrected chi connectivity index (χ3v) is 7.30. The number of fused-ring (bicyclic) bond motifs is 1. The molecule has 182 valence electrons. The number of amides is 1. The number of aliphatic hydroxyl groups is 1. The molecule has 4 aromatic rings. The molecule has 0 aliphatic carbocycles. The molecule has 1 aliphatic heterocycles. The van der Waals surface area contributed by atoms with Crippen LogP contribution >= 0.6 is 11.3 Å². The van der Waals surface area contributed by atoms with Crippen molar-refractivity contribution in [3.8, 4) is 5.75 Å². The van der Waals surface area contributed by atoms with E-state index >= 15 is 0 Å². The van der Waals surface area contributed by atoms with Gasteiger partial charge in [-0.2, -0.15) is 0 Å². The number of aliphatic hydroxyl groups excluding tert-OH is 1. The van der Waals surface area contributed by atoms with Crippen LogP contribution in [0.4, 0.5) is 5.13 Å². The molecule has 7 heteroatoms. The fourth-order valence-electron chi connectivity index (χ4n) is 4.59. The number of carbonyl (C=O) groups is 2. The summed E-state index contributed by atoms with van der Waals surface area (Å²) in [6.45, 7) is 8.38. The molecule has 1 aromatic heterocycles. The minimum absolute atomic E-state index is 0.0418. The minimum atomic E-state index is -0.806. The Bertz CT molecular complexity index is 1520. The predicted molar refractivity (Wildman–Crippen MR) is 143 cm³/mol. The van der Waals surface area contributed by atoms with E-state index in [1.807, 2.05) is 64.1 Å². The Morgan fingerprint density at radius 2 is 1.69 bits per heavy atom. The maximum absolute atomic E-state index is 13.4. The van der Waals surface area contributed by atoms with E-state index in [4.69, 9.17) is 9.72 Å². The fraction of sp³-hybridized carbons (Fsp3) is 0.207. The first kappa shape index (κ1) is 23.8. The lowest BCUT2D eigenvalue weighted by molar-refractivity contribution is -0.132. The molecule has 6 nitrogen and oxygen atoms in total. The third kappa shape index (κ3) is 4.05. The zero-order valence-corrected chi connectivity index (χ0v) is 21.3. The lowest BCUT2D eigenvalue weighted by atomic mass is 9.95. The van der Waals surface area contributed by atoms with Gasteiger partial charge in [-0.25, -0.2) is 4.98 Å². The summed E-state index contributed by atoms with van der Waals surface area (Å²) in [6, 6.07) is 17.7. The van der Waals surface area contributed by atoms with Crippen molar-refractivity contribution in [2.24, 2.45) is 0 Å². The number of hydrogen-bond acceptors (Lipinski definition) is 6. The van der Waals surface area contributed by atoms with E-state index in [2.05, 4.69) is 0 Å². The van der Waals surface area contributed by atoms with Gasteiger partial charge in [0.05, 0.1) is 28.4 Å². The highest BCUT2D eigenvalue weighted by Gasteiger charge is 2.48. The second kappa shape index (κ2) is 9.24. The number of Topliss-reactive ketones (excluding diaryl/α,β-unsaturated/α-hetero) is 1. The van der Waals surface area contributed by atoms with E-state index in [0.717, 1.165) is 32.5 Å². The minimum Gasteiger partial charge on any atom is -0.507 e. The number of aromatic nitrogens is 1. The number of ether oxygens (including phenoxy) is 1. The quantitative estimate of drug-likeness (QED) is 0.200. The first-order chi connectivity index (χ1) is 17.3. The monoisotopic (exact) mass is 498 g/mol. The van der Waals surface area contributed by atoms with Gasteiger partial charge in [-0.15, -0.1) is 0 Å². The Labute approximate surface area is 213 Å². The van der Waals surface area contributed by atoms with Crippen LogP contribution in [0.1, 0.15) is 40.8 Å². The molecule has 1 atom stereocenters. The maximum Gasteiger partial charge on any atom is 0.301 e. The van der Waals surface area contributed by atoms with Crippen molar-refractivity contribution in [1.29, 1.82) is 0 Å². The van der Waals surface area contributed by atoms with Gasteiger partial charge in [-0.1, -0.05) is 47.2 Å². The van der Waals surface area contributed by atoms with Crippen molar-refractivity contribution in [2.45, 2.75) is 33.7 Å². The summed E-state index contributed by atoms with van der Waals surface area (Å²) in [6.07, 6.45) is 0. The van der Waals surface area contributed by atoms with Gasteiger partial charge in [0, 0.05) is 5.56 Å². The number of anilines is 1. The van der Waals surface area contributed by atoms with Gasteiger partial charge in [0.1, 0.15) is 11.5 Å². The zero-order chi connectivity index (χ0) is 25.6. The topological polar surface area (TPSA) is 79.7 Å². The van der Waals surface area contributed by atoms with E-state index in [1.54, 1.807) is 24.3 Å².